The van der Waals surface area contributed by atoms with Gasteiger partial charge in [-0.3, -0.25) is 0 Å². The number of benzene rings is 1. The number of rotatable bonds is 8. The Morgan fingerprint density at radius 3 is 2.71 bits per heavy atom. The number of aliphatic hydroxyl groups excluding tert-OH is 1. The molecule has 0 aliphatic carbocycles. The lowest BCUT2D eigenvalue weighted by Crippen LogP contribution is -2.45. The molecule has 6 heteroatoms. The third kappa shape index (κ3) is 5.38. The molecule has 6 nitrogen and oxygen atoms in total. The van der Waals surface area contributed by atoms with Crippen molar-refractivity contribution in [2.75, 3.05) is 13.2 Å². The number of carbonyl (C=O) groups is 1. The average Bonchev–Trinajstić information content (AvgIpc) is 3.04. The van der Waals surface area contributed by atoms with Crippen molar-refractivity contribution in [3.05, 3.63) is 48.3 Å². The zero-order valence-corrected chi connectivity index (χ0v) is 14.3. The van der Waals surface area contributed by atoms with Gasteiger partial charge in [-0.2, -0.15) is 5.10 Å². The highest BCUT2D eigenvalue weighted by Crippen LogP contribution is 2.08. The molecule has 0 saturated heterocycles. The fourth-order valence-electron chi connectivity index (χ4n) is 2.46. The monoisotopic (exact) mass is 330 g/mol. The Morgan fingerprint density at radius 2 is 2.04 bits per heavy atom. The minimum Gasteiger partial charge on any atom is -0.396 e. The fourth-order valence-corrected chi connectivity index (χ4v) is 2.46. The predicted octanol–water partition coefficient (Wildman–Crippen LogP) is 2.12. The largest absolute Gasteiger partial charge is 0.396 e. The van der Waals surface area contributed by atoms with Crippen LogP contribution in [-0.4, -0.2) is 40.1 Å². The van der Waals surface area contributed by atoms with Gasteiger partial charge in [0.1, 0.15) is 0 Å². The lowest BCUT2D eigenvalue weighted by molar-refractivity contribution is 0.219. The van der Waals surface area contributed by atoms with Crippen LogP contribution in [0.25, 0.3) is 5.69 Å². The van der Waals surface area contributed by atoms with Crippen molar-refractivity contribution >= 4 is 6.03 Å². The summed E-state index contributed by atoms with van der Waals surface area (Å²) >= 11 is 0. The summed E-state index contributed by atoms with van der Waals surface area (Å²) in [4.78, 5) is 11.9. The molecule has 24 heavy (non-hydrogen) atoms. The molecule has 2 rings (SSSR count). The van der Waals surface area contributed by atoms with Crippen molar-refractivity contribution in [3.8, 4) is 5.69 Å². The molecule has 0 aliphatic rings. The van der Waals surface area contributed by atoms with Gasteiger partial charge in [0.25, 0.3) is 0 Å². The number of aliphatic hydroxyl groups is 1. The van der Waals surface area contributed by atoms with Gasteiger partial charge in [0.2, 0.25) is 0 Å². The first-order chi connectivity index (χ1) is 11.6. The molecular weight excluding hydrogens is 304 g/mol. The molecule has 3 N–H and O–H groups in total. The van der Waals surface area contributed by atoms with Gasteiger partial charge >= 0.3 is 6.03 Å². The van der Waals surface area contributed by atoms with Crippen molar-refractivity contribution in [3.63, 3.8) is 0 Å². The summed E-state index contributed by atoms with van der Waals surface area (Å²) in [6.45, 7) is 4.66. The Bertz CT molecular complexity index is 625. The van der Waals surface area contributed by atoms with Crippen LogP contribution in [0, 0.1) is 5.92 Å². The summed E-state index contributed by atoms with van der Waals surface area (Å²) in [5, 5.41) is 19.1. The second-order valence-corrected chi connectivity index (χ2v) is 6.14. The van der Waals surface area contributed by atoms with Crippen molar-refractivity contribution in [1.29, 1.82) is 0 Å². The number of nitrogens with one attached hydrogen (secondary N) is 2. The molecule has 0 spiro atoms. The molecule has 1 heterocycles. The van der Waals surface area contributed by atoms with E-state index in [0.717, 1.165) is 11.3 Å². The number of urea groups is 1. The third-order valence-electron chi connectivity index (χ3n) is 3.92. The molecule has 2 aromatic rings. The van der Waals surface area contributed by atoms with E-state index in [2.05, 4.69) is 15.7 Å². The van der Waals surface area contributed by atoms with Crippen molar-refractivity contribution in [2.24, 2.45) is 5.92 Å². The van der Waals surface area contributed by atoms with Gasteiger partial charge in [0, 0.05) is 25.4 Å². The maximum Gasteiger partial charge on any atom is 0.315 e. The van der Waals surface area contributed by atoms with Crippen LogP contribution in [-0.2, 0) is 6.42 Å². The van der Waals surface area contributed by atoms with E-state index < -0.39 is 0 Å². The fraction of sp³-hybridized carbons (Fsp3) is 0.444. The zero-order chi connectivity index (χ0) is 17.4. The van der Waals surface area contributed by atoms with Gasteiger partial charge in [0.15, 0.2) is 0 Å². The Hall–Kier alpha value is -2.34. The molecule has 2 amide bonds. The Kier molecular flexibility index (Phi) is 6.81. The Morgan fingerprint density at radius 1 is 1.29 bits per heavy atom. The van der Waals surface area contributed by atoms with Crippen LogP contribution in [0.3, 0.4) is 0 Å². The van der Waals surface area contributed by atoms with E-state index in [1.807, 2.05) is 61.3 Å². The summed E-state index contributed by atoms with van der Waals surface area (Å²) in [5.74, 6) is 0.284. The van der Waals surface area contributed by atoms with E-state index >= 15 is 0 Å². The molecule has 1 unspecified atom stereocenters. The number of hydrogen-bond donors (Lipinski definition) is 3. The normalized spacial score (nSPS) is 12.2. The average molecular weight is 330 g/mol. The van der Waals surface area contributed by atoms with E-state index in [1.54, 1.807) is 0 Å². The van der Waals surface area contributed by atoms with Gasteiger partial charge in [-0.1, -0.05) is 32.0 Å². The second kappa shape index (κ2) is 9.08. The van der Waals surface area contributed by atoms with Gasteiger partial charge < -0.3 is 15.7 Å². The van der Waals surface area contributed by atoms with Crippen LogP contribution in [0.15, 0.2) is 42.7 Å². The van der Waals surface area contributed by atoms with Crippen LogP contribution in [0.5, 0.6) is 0 Å². The number of para-hydroxylation sites is 1. The minimum atomic E-state index is -0.197. The standard InChI is InChI=1S/C18H26N4O2/c1-14(2)17(9-11-23)21-18(24)19-10-8-15-12-20-22(13-15)16-6-4-3-5-7-16/h3-7,12-14,17,23H,8-11H2,1-2H3,(H2,19,21,24). The van der Waals surface area contributed by atoms with Crippen LogP contribution < -0.4 is 10.6 Å². The van der Waals surface area contributed by atoms with E-state index in [4.69, 9.17) is 5.11 Å². The first-order valence-corrected chi connectivity index (χ1v) is 8.34. The first kappa shape index (κ1) is 18.0. The topological polar surface area (TPSA) is 79.2 Å². The van der Waals surface area contributed by atoms with Gasteiger partial charge in [0.05, 0.1) is 11.9 Å². The zero-order valence-electron chi connectivity index (χ0n) is 14.3. The third-order valence-corrected chi connectivity index (χ3v) is 3.92. The number of amides is 2. The van der Waals surface area contributed by atoms with Crippen molar-refractivity contribution in [1.82, 2.24) is 20.4 Å². The van der Waals surface area contributed by atoms with Gasteiger partial charge in [-0.15, -0.1) is 0 Å². The molecule has 0 saturated carbocycles. The van der Waals surface area contributed by atoms with Crippen molar-refractivity contribution < 1.29 is 9.90 Å². The smallest absolute Gasteiger partial charge is 0.315 e. The predicted molar refractivity (Wildman–Crippen MR) is 94.1 cm³/mol. The molecule has 130 valence electrons. The molecule has 0 radical (unpaired) electrons. The Labute approximate surface area is 142 Å². The van der Waals surface area contributed by atoms with Crippen LogP contribution in [0.1, 0.15) is 25.8 Å². The molecule has 0 aliphatic heterocycles. The maximum atomic E-state index is 11.9. The molecule has 0 bridgehead atoms. The van der Waals surface area contributed by atoms with Crippen LogP contribution in [0.2, 0.25) is 0 Å². The summed E-state index contributed by atoms with van der Waals surface area (Å²) in [7, 11) is 0. The van der Waals surface area contributed by atoms with Gasteiger partial charge in [-0.25, -0.2) is 9.48 Å². The quantitative estimate of drug-likeness (QED) is 0.694. The molecule has 0 fully saturated rings. The Balaban J connectivity index is 1.78. The summed E-state index contributed by atoms with van der Waals surface area (Å²) < 4.78 is 1.82. The summed E-state index contributed by atoms with van der Waals surface area (Å²) in [5.41, 5.74) is 2.08. The highest BCUT2D eigenvalue weighted by molar-refractivity contribution is 5.74. The van der Waals surface area contributed by atoms with E-state index in [1.165, 1.54) is 0 Å². The molecular formula is C18H26N4O2. The number of carbonyl (C=O) groups excluding carboxylic acids is 1. The van der Waals surface area contributed by atoms with Gasteiger partial charge in [-0.05, 0) is 36.5 Å². The SMILES string of the molecule is CC(C)C(CCO)NC(=O)NCCc1cnn(-c2ccccc2)c1. The minimum absolute atomic E-state index is 0.0177. The summed E-state index contributed by atoms with van der Waals surface area (Å²) in [6.07, 6.45) is 5.06. The van der Waals surface area contributed by atoms with E-state index in [0.29, 0.717) is 19.4 Å². The lowest BCUT2D eigenvalue weighted by atomic mass is 10.0. The van der Waals surface area contributed by atoms with Crippen LogP contribution in [0.4, 0.5) is 4.79 Å². The van der Waals surface area contributed by atoms with Crippen LogP contribution >= 0.6 is 0 Å². The number of aromatic nitrogens is 2. The first-order valence-electron chi connectivity index (χ1n) is 8.34. The molecule has 1 aromatic carbocycles. The highest BCUT2D eigenvalue weighted by Gasteiger charge is 2.15. The number of nitrogens with zero attached hydrogens (tertiary/aromatic N) is 2. The number of hydrogen-bond acceptors (Lipinski definition) is 3. The highest BCUT2D eigenvalue weighted by atomic mass is 16.3. The van der Waals surface area contributed by atoms with Crippen molar-refractivity contribution in [2.45, 2.75) is 32.7 Å². The summed E-state index contributed by atoms with van der Waals surface area (Å²) in [6, 6.07) is 9.69. The van der Waals surface area contributed by atoms with E-state index in [-0.39, 0.29) is 24.6 Å². The molecule has 1 atom stereocenters. The van der Waals surface area contributed by atoms with E-state index in [9.17, 15) is 4.79 Å². The lowest BCUT2D eigenvalue weighted by Gasteiger charge is -2.21. The second-order valence-electron chi connectivity index (χ2n) is 6.14. The maximum absolute atomic E-state index is 11.9. The molecule has 1 aromatic heterocycles.